The van der Waals surface area contributed by atoms with Crippen molar-refractivity contribution in [2.75, 3.05) is 9.80 Å². The van der Waals surface area contributed by atoms with Gasteiger partial charge < -0.3 is 9.80 Å². The fourth-order valence-electron chi connectivity index (χ4n) is 13.0. The van der Waals surface area contributed by atoms with Crippen molar-refractivity contribution in [2.45, 2.75) is 43.9 Å². The summed E-state index contributed by atoms with van der Waals surface area (Å²) in [6, 6.07) is 82.1. The standard InChI is InChI=1S/C67H50N2/c1-65(2)55-21-9-13-25-61(55)68(62-26-14-10-22-56(62)65)47-35-34-45-39-43(31-33-46(45)41-47)29-30-44-32-37-51-52-38-36-48(69-63-27-15-11-23-57(63)66(3,4)58-24-12-16-28-64(58)69)42-60(52)67(59(51)40-44)53-19-7-5-17-49(53)50-18-6-8-20-54(50)67/h5-42H,1-4H3. The van der Waals surface area contributed by atoms with Crippen LogP contribution in [0.25, 0.3) is 45.2 Å². The summed E-state index contributed by atoms with van der Waals surface area (Å²) in [6.45, 7) is 9.41. The van der Waals surface area contributed by atoms with Gasteiger partial charge >= 0.3 is 0 Å². The first-order chi connectivity index (χ1) is 33.7. The van der Waals surface area contributed by atoms with Gasteiger partial charge in [-0.1, -0.05) is 198 Å². The predicted molar refractivity (Wildman–Crippen MR) is 289 cm³/mol. The van der Waals surface area contributed by atoms with Crippen molar-refractivity contribution >= 4 is 57.0 Å². The maximum atomic E-state index is 2.51. The molecule has 2 aliphatic heterocycles. The lowest BCUT2D eigenvalue weighted by molar-refractivity contribution is 0.631. The van der Waals surface area contributed by atoms with Gasteiger partial charge in [0.25, 0.3) is 0 Å². The molecule has 10 aromatic rings. The molecule has 2 heteroatoms. The van der Waals surface area contributed by atoms with E-state index >= 15 is 0 Å². The molecule has 328 valence electrons. The van der Waals surface area contributed by atoms with Crippen molar-refractivity contribution in [1.82, 2.24) is 0 Å². The number of nitrogens with zero attached hydrogens (tertiary/aromatic N) is 2. The van der Waals surface area contributed by atoms with E-state index in [1.54, 1.807) is 0 Å². The van der Waals surface area contributed by atoms with Gasteiger partial charge in [0, 0.05) is 22.2 Å². The van der Waals surface area contributed by atoms with E-state index in [-0.39, 0.29) is 10.8 Å². The van der Waals surface area contributed by atoms with Gasteiger partial charge in [-0.25, -0.2) is 0 Å². The lowest BCUT2D eigenvalue weighted by atomic mass is 9.70. The molecule has 4 aliphatic rings. The highest BCUT2D eigenvalue weighted by Gasteiger charge is 2.52. The van der Waals surface area contributed by atoms with Gasteiger partial charge in [0.15, 0.2) is 0 Å². The van der Waals surface area contributed by atoms with Crippen LogP contribution >= 0.6 is 0 Å². The van der Waals surface area contributed by atoms with Crippen molar-refractivity contribution in [3.63, 3.8) is 0 Å². The zero-order chi connectivity index (χ0) is 46.2. The molecule has 0 amide bonds. The molecule has 1 spiro atoms. The van der Waals surface area contributed by atoms with Gasteiger partial charge in [0.2, 0.25) is 0 Å². The second-order valence-corrected chi connectivity index (χ2v) is 20.5. The van der Waals surface area contributed by atoms with Gasteiger partial charge in [-0.2, -0.15) is 0 Å². The summed E-state index contributed by atoms with van der Waals surface area (Å²) >= 11 is 0. The van der Waals surface area contributed by atoms with Gasteiger partial charge in [0.05, 0.1) is 28.2 Å². The molecule has 0 unspecified atom stereocenters. The fourth-order valence-corrected chi connectivity index (χ4v) is 13.0. The van der Waals surface area contributed by atoms with Crippen LogP contribution in [0.4, 0.5) is 34.1 Å². The molecule has 0 radical (unpaired) electrons. The van der Waals surface area contributed by atoms with E-state index in [0.29, 0.717) is 0 Å². The third-order valence-corrected chi connectivity index (χ3v) is 16.2. The van der Waals surface area contributed by atoms with Crippen LogP contribution in [0.1, 0.15) is 83.3 Å². The summed E-state index contributed by atoms with van der Waals surface area (Å²) in [6.07, 6.45) is 4.59. The van der Waals surface area contributed by atoms with Crippen LogP contribution in [0.2, 0.25) is 0 Å². The van der Waals surface area contributed by atoms with Crippen LogP contribution < -0.4 is 9.80 Å². The van der Waals surface area contributed by atoms with Crippen molar-refractivity contribution in [3.8, 4) is 22.3 Å². The smallest absolute Gasteiger partial charge is 0.0726 e. The SMILES string of the molecule is CC1(C)c2ccccc2N(c2ccc3c(c2)C2(c4ccccc4-c4ccccc42)c2cc(C=Cc4ccc5cc(N6c7ccccc7C(C)(C)c7ccccc76)ccc5c4)ccc2-3)c2ccccc21. The minimum atomic E-state index is -0.488. The van der Waals surface area contributed by atoms with E-state index < -0.39 is 5.41 Å². The topological polar surface area (TPSA) is 6.48 Å². The Kier molecular flexibility index (Phi) is 8.33. The Morgan fingerprint density at radius 2 is 0.638 bits per heavy atom. The summed E-state index contributed by atoms with van der Waals surface area (Å²) in [5.41, 5.74) is 24.9. The Labute approximate surface area is 405 Å². The molecule has 0 saturated carbocycles. The normalized spacial score (nSPS) is 15.8. The van der Waals surface area contributed by atoms with E-state index in [1.807, 2.05) is 0 Å². The van der Waals surface area contributed by atoms with Crippen molar-refractivity contribution in [3.05, 3.63) is 274 Å². The molecule has 0 bridgehead atoms. The number of para-hydroxylation sites is 4. The van der Waals surface area contributed by atoms with Gasteiger partial charge in [0.1, 0.15) is 0 Å². The Bertz CT molecular complexity index is 3680. The zero-order valence-corrected chi connectivity index (χ0v) is 39.3. The number of hydrogen-bond acceptors (Lipinski definition) is 2. The maximum Gasteiger partial charge on any atom is 0.0726 e. The van der Waals surface area contributed by atoms with Crippen LogP contribution in [-0.2, 0) is 16.2 Å². The highest BCUT2D eigenvalue weighted by molar-refractivity contribution is 5.98. The molecule has 0 fully saturated rings. The zero-order valence-electron chi connectivity index (χ0n) is 39.3. The highest BCUT2D eigenvalue weighted by atomic mass is 15.2. The van der Waals surface area contributed by atoms with Crippen LogP contribution in [0, 0.1) is 0 Å². The average molecular weight is 883 g/mol. The maximum absolute atomic E-state index is 2.51. The molecular weight excluding hydrogens is 833 g/mol. The second kappa shape index (κ2) is 14.4. The lowest BCUT2D eigenvalue weighted by Gasteiger charge is -2.42. The molecule has 2 heterocycles. The van der Waals surface area contributed by atoms with Gasteiger partial charge in [-0.05, 0) is 149 Å². The van der Waals surface area contributed by atoms with E-state index in [9.17, 15) is 0 Å². The van der Waals surface area contributed by atoms with Crippen molar-refractivity contribution < 1.29 is 0 Å². The largest absolute Gasteiger partial charge is 0.310 e. The minimum Gasteiger partial charge on any atom is -0.310 e. The molecule has 14 rings (SSSR count). The number of rotatable bonds is 4. The van der Waals surface area contributed by atoms with E-state index in [0.717, 1.165) is 0 Å². The molecular formula is C67H50N2. The number of anilines is 6. The minimum absolute atomic E-state index is 0.0907. The molecule has 0 atom stereocenters. The highest BCUT2D eigenvalue weighted by Crippen LogP contribution is 2.64. The summed E-state index contributed by atoms with van der Waals surface area (Å²) in [4.78, 5) is 4.95. The number of benzene rings is 10. The third-order valence-electron chi connectivity index (χ3n) is 16.2. The predicted octanol–water partition coefficient (Wildman–Crippen LogP) is 17.6. The van der Waals surface area contributed by atoms with Crippen LogP contribution in [0.3, 0.4) is 0 Å². The first kappa shape index (κ1) is 39.9. The molecule has 0 aromatic heterocycles. The molecule has 2 nitrogen and oxygen atoms in total. The third kappa shape index (κ3) is 5.49. The quantitative estimate of drug-likeness (QED) is 0.163. The number of fused-ring (bicyclic) bond motifs is 15. The van der Waals surface area contributed by atoms with E-state index in [1.165, 1.54) is 123 Å². The summed E-state index contributed by atoms with van der Waals surface area (Å²) < 4.78 is 0. The fraction of sp³-hybridized carbons (Fsp3) is 0.104. The first-order valence-electron chi connectivity index (χ1n) is 24.4. The molecule has 10 aromatic carbocycles. The Hall–Kier alpha value is -8.20. The van der Waals surface area contributed by atoms with Crippen LogP contribution in [0.15, 0.2) is 218 Å². The van der Waals surface area contributed by atoms with Gasteiger partial charge in [-0.3, -0.25) is 0 Å². The Morgan fingerprint density at radius 3 is 1.16 bits per heavy atom. The van der Waals surface area contributed by atoms with Crippen molar-refractivity contribution in [1.29, 1.82) is 0 Å². The summed E-state index contributed by atoms with van der Waals surface area (Å²) in [5.74, 6) is 0. The Morgan fingerprint density at radius 1 is 0.290 bits per heavy atom. The molecule has 0 saturated heterocycles. The van der Waals surface area contributed by atoms with Crippen LogP contribution in [-0.4, -0.2) is 0 Å². The molecule has 2 aliphatic carbocycles. The molecule has 0 N–H and O–H groups in total. The second-order valence-electron chi connectivity index (χ2n) is 20.5. The Balaban J connectivity index is 0.871. The van der Waals surface area contributed by atoms with E-state index in [2.05, 4.69) is 268 Å². The summed E-state index contributed by atoms with van der Waals surface area (Å²) in [5, 5.41) is 2.44. The monoisotopic (exact) mass is 882 g/mol. The van der Waals surface area contributed by atoms with Crippen molar-refractivity contribution in [2.24, 2.45) is 0 Å². The van der Waals surface area contributed by atoms with E-state index in [4.69, 9.17) is 0 Å². The number of hydrogen-bond donors (Lipinski definition) is 0. The van der Waals surface area contributed by atoms with Gasteiger partial charge in [-0.15, -0.1) is 0 Å². The molecule has 69 heavy (non-hydrogen) atoms. The lowest BCUT2D eigenvalue weighted by Crippen LogP contribution is -2.31. The summed E-state index contributed by atoms with van der Waals surface area (Å²) in [7, 11) is 0. The average Bonchev–Trinajstić information content (AvgIpc) is 3.85. The van der Waals surface area contributed by atoms with Crippen LogP contribution in [0.5, 0.6) is 0 Å². The first-order valence-corrected chi connectivity index (χ1v) is 24.4.